The summed E-state index contributed by atoms with van der Waals surface area (Å²) in [6.07, 6.45) is 0.650. The SMILES string of the molecule is O=C(O)c1ccc(OCCNCC2(O)CCOC2)cc1. The van der Waals surface area contributed by atoms with E-state index in [2.05, 4.69) is 5.32 Å². The van der Waals surface area contributed by atoms with Crippen LogP contribution < -0.4 is 10.1 Å². The number of aliphatic hydroxyl groups is 1. The Bertz CT molecular complexity index is 439. The van der Waals surface area contributed by atoms with Crippen molar-refractivity contribution in [1.82, 2.24) is 5.32 Å². The summed E-state index contributed by atoms with van der Waals surface area (Å²) >= 11 is 0. The van der Waals surface area contributed by atoms with E-state index in [0.717, 1.165) is 0 Å². The quantitative estimate of drug-likeness (QED) is 0.631. The molecule has 0 bridgehead atoms. The number of carboxylic acid groups (broad SMARTS) is 1. The van der Waals surface area contributed by atoms with Gasteiger partial charge < -0.3 is 25.0 Å². The minimum atomic E-state index is -0.953. The molecule has 0 amide bonds. The van der Waals surface area contributed by atoms with Gasteiger partial charge in [-0.2, -0.15) is 0 Å². The summed E-state index contributed by atoms with van der Waals surface area (Å²) in [5, 5.41) is 21.9. The second kappa shape index (κ2) is 6.69. The maximum atomic E-state index is 10.7. The number of rotatable bonds is 7. The first-order valence-electron chi connectivity index (χ1n) is 6.56. The van der Waals surface area contributed by atoms with Gasteiger partial charge in [-0.1, -0.05) is 0 Å². The van der Waals surface area contributed by atoms with Gasteiger partial charge in [0.1, 0.15) is 18.0 Å². The van der Waals surface area contributed by atoms with Crippen molar-refractivity contribution >= 4 is 5.97 Å². The second-order valence-corrected chi connectivity index (χ2v) is 4.88. The zero-order valence-corrected chi connectivity index (χ0v) is 11.2. The molecule has 6 heteroatoms. The molecule has 1 atom stereocenters. The Labute approximate surface area is 117 Å². The van der Waals surface area contributed by atoms with Crippen molar-refractivity contribution in [2.24, 2.45) is 0 Å². The van der Waals surface area contributed by atoms with Gasteiger partial charge in [-0.3, -0.25) is 0 Å². The molecule has 1 heterocycles. The second-order valence-electron chi connectivity index (χ2n) is 4.88. The molecule has 3 N–H and O–H groups in total. The van der Waals surface area contributed by atoms with Crippen LogP contribution in [0.2, 0.25) is 0 Å². The molecule has 6 nitrogen and oxygen atoms in total. The van der Waals surface area contributed by atoms with Crippen LogP contribution >= 0.6 is 0 Å². The van der Waals surface area contributed by atoms with E-state index in [4.69, 9.17) is 14.6 Å². The van der Waals surface area contributed by atoms with Crippen LogP contribution in [0.15, 0.2) is 24.3 Å². The number of benzene rings is 1. The molecule has 0 aromatic heterocycles. The maximum Gasteiger partial charge on any atom is 0.335 e. The number of aromatic carboxylic acids is 1. The zero-order valence-electron chi connectivity index (χ0n) is 11.2. The smallest absolute Gasteiger partial charge is 0.335 e. The third-order valence-corrected chi connectivity index (χ3v) is 3.19. The lowest BCUT2D eigenvalue weighted by Crippen LogP contribution is -2.42. The molecule has 2 rings (SSSR count). The molecule has 1 aromatic rings. The lowest BCUT2D eigenvalue weighted by Gasteiger charge is -2.20. The Morgan fingerprint density at radius 3 is 2.75 bits per heavy atom. The Kier molecular flexibility index (Phi) is 4.94. The zero-order chi connectivity index (χ0) is 14.4. The highest BCUT2D eigenvalue weighted by Crippen LogP contribution is 2.16. The molecule has 1 aromatic carbocycles. The fourth-order valence-electron chi connectivity index (χ4n) is 1.99. The van der Waals surface area contributed by atoms with E-state index in [9.17, 15) is 9.90 Å². The van der Waals surface area contributed by atoms with Gasteiger partial charge in [-0.05, 0) is 24.3 Å². The predicted octanol–water partition coefficient (Wildman–Crippen LogP) is 0.505. The van der Waals surface area contributed by atoms with E-state index in [1.807, 2.05) is 0 Å². The van der Waals surface area contributed by atoms with Gasteiger partial charge in [0.2, 0.25) is 0 Å². The van der Waals surface area contributed by atoms with Crippen molar-refractivity contribution in [3.8, 4) is 5.75 Å². The summed E-state index contributed by atoms with van der Waals surface area (Å²) in [6, 6.07) is 6.26. The van der Waals surface area contributed by atoms with Crippen LogP contribution in [0.4, 0.5) is 0 Å². The number of hydrogen-bond donors (Lipinski definition) is 3. The average molecular weight is 281 g/mol. The summed E-state index contributed by atoms with van der Waals surface area (Å²) in [4.78, 5) is 10.7. The minimum absolute atomic E-state index is 0.235. The summed E-state index contributed by atoms with van der Waals surface area (Å²) in [6.45, 7) is 2.50. The van der Waals surface area contributed by atoms with Crippen LogP contribution in [0.25, 0.3) is 0 Å². The molecule has 0 aliphatic carbocycles. The summed E-state index contributed by atoms with van der Waals surface area (Å²) in [5.41, 5.74) is -0.526. The Hall–Kier alpha value is -1.63. The van der Waals surface area contributed by atoms with Gasteiger partial charge >= 0.3 is 5.97 Å². The number of hydrogen-bond acceptors (Lipinski definition) is 5. The molecule has 20 heavy (non-hydrogen) atoms. The third kappa shape index (κ3) is 4.19. The molecule has 110 valence electrons. The van der Waals surface area contributed by atoms with Crippen LogP contribution in [-0.2, 0) is 4.74 Å². The third-order valence-electron chi connectivity index (χ3n) is 3.19. The molecule has 1 aliphatic rings. The molecular weight excluding hydrogens is 262 g/mol. The van der Waals surface area contributed by atoms with E-state index < -0.39 is 11.6 Å². The van der Waals surface area contributed by atoms with Crippen molar-refractivity contribution < 1.29 is 24.5 Å². The summed E-state index contributed by atoms with van der Waals surface area (Å²) < 4.78 is 10.6. The van der Waals surface area contributed by atoms with Crippen molar-refractivity contribution in [3.63, 3.8) is 0 Å². The molecule has 1 saturated heterocycles. The highest BCUT2D eigenvalue weighted by molar-refractivity contribution is 5.87. The van der Waals surface area contributed by atoms with E-state index in [0.29, 0.717) is 45.1 Å². The highest BCUT2D eigenvalue weighted by atomic mass is 16.5. The molecule has 1 fully saturated rings. The molecule has 0 saturated carbocycles. The molecule has 0 radical (unpaired) electrons. The first kappa shape index (κ1) is 14.8. The highest BCUT2D eigenvalue weighted by Gasteiger charge is 2.31. The van der Waals surface area contributed by atoms with E-state index in [1.165, 1.54) is 12.1 Å². The van der Waals surface area contributed by atoms with Crippen LogP contribution in [0, 0.1) is 0 Å². The fourth-order valence-corrected chi connectivity index (χ4v) is 1.99. The Morgan fingerprint density at radius 2 is 2.15 bits per heavy atom. The number of nitrogens with one attached hydrogen (secondary N) is 1. The molecule has 0 spiro atoms. The summed E-state index contributed by atoms with van der Waals surface area (Å²) in [7, 11) is 0. The minimum Gasteiger partial charge on any atom is -0.492 e. The first-order chi connectivity index (χ1) is 9.59. The van der Waals surface area contributed by atoms with Crippen molar-refractivity contribution in [2.45, 2.75) is 12.0 Å². The average Bonchev–Trinajstić information content (AvgIpc) is 2.86. The number of carboxylic acids is 1. The lowest BCUT2D eigenvalue weighted by molar-refractivity contribution is 0.0266. The number of carbonyl (C=O) groups is 1. The Morgan fingerprint density at radius 1 is 1.40 bits per heavy atom. The normalized spacial score (nSPS) is 21.9. The lowest BCUT2D eigenvalue weighted by atomic mass is 10.0. The van der Waals surface area contributed by atoms with Crippen molar-refractivity contribution in [2.75, 3.05) is 32.9 Å². The van der Waals surface area contributed by atoms with E-state index >= 15 is 0 Å². The monoisotopic (exact) mass is 281 g/mol. The predicted molar refractivity (Wildman–Crippen MR) is 72.2 cm³/mol. The van der Waals surface area contributed by atoms with Crippen LogP contribution in [0.1, 0.15) is 16.8 Å². The van der Waals surface area contributed by atoms with Crippen LogP contribution in [-0.4, -0.2) is 54.7 Å². The van der Waals surface area contributed by atoms with Crippen molar-refractivity contribution in [3.05, 3.63) is 29.8 Å². The largest absolute Gasteiger partial charge is 0.492 e. The summed E-state index contributed by atoms with van der Waals surface area (Å²) in [5.74, 6) is -0.329. The molecule has 1 aliphatic heterocycles. The van der Waals surface area contributed by atoms with Gasteiger partial charge in [0.05, 0.1) is 12.2 Å². The molecule has 1 unspecified atom stereocenters. The fraction of sp³-hybridized carbons (Fsp3) is 0.500. The number of ether oxygens (including phenoxy) is 2. The van der Waals surface area contributed by atoms with Gasteiger partial charge in [-0.25, -0.2) is 4.79 Å². The molecular formula is C14H19NO5. The van der Waals surface area contributed by atoms with Crippen molar-refractivity contribution in [1.29, 1.82) is 0 Å². The van der Waals surface area contributed by atoms with Crippen LogP contribution in [0.3, 0.4) is 0 Å². The standard InChI is InChI=1S/C14H19NO5/c16-13(17)11-1-3-12(4-2-11)20-8-6-15-9-14(18)5-7-19-10-14/h1-4,15,18H,5-10H2,(H,16,17). The van der Waals surface area contributed by atoms with E-state index in [-0.39, 0.29) is 5.56 Å². The van der Waals surface area contributed by atoms with Gasteiger partial charge in [0.25, 0.3) is 0 Å². The van der Waals surface area contributed by atoms with E-state index in [1.54, 1.807) is 12.1 Å². The Balaban J connectivity index is 1.64. The van der Waals surface area contributed by atoms with Gasteiger partial charge in [0.15, 0.2) is 0 Å². The topological polar surface area (TPSA) is 88.0 Å². The first-order valence-corrected chi connectivity index (χ1v) is 6.56. The van der Waals surface area contributed by atoms with Gasteiger partial charge in [0, 0.05) is 26.1 Å². The maximum absolute atomic E-state index is 10.7. The van der Waals surface area contributed by atoms with Gasteiger partial charge in [-0.15, -0.1) is 0 Å². The van der Waals surface area contributed by atoms with Crippen LogP contribution in [0.5, 0.6) is 5.75 Å².